The Morgan fingerprint density at radius 3 is 2.63 bits per heavy atom. The molecule has 0 aliphatic rings. The number of nitrogens with two attached hydrogens (primary N) is 1. The van der Waals surface area contributed by atoms with Gasteiger partial charge in [-0.1, -0.05) is 29.5 Å². The van der Waals surface area contributed by atoms with Gasteiger partial charge in [0.05, 0.1) is 10.6 Å². The molecule has 2 heterocycles. The van der Waals surface area contributed by atoms with Gasteiger partial charge in [0.2, 0.25) is 5.95 Å². The van der Waals surface area contributed by atoms with E-state index in [0.29, 0.717) is 11.1 Å². The van der Waals surface area contributed by atoms with E-state index in [1.165, 1.54) is 11.3 Å². The second-order valence-corrected chi connectivity index (χ2v) is 4.88. The van der Waals surface area contributed by atoms with Crippen LogP contribution < -0.4 is 11.1 Å². The highest BCUT2D eigenvalue weighted by atomic mass is 32.1. The van der Waals surface area contributed by atoms with Crippen molar-refractivity contribution in [2.45, 2.75) is 0 Å². The SMILES string of the molecule is Nc1ncc(-c2ccnc(Nc3ccccc3)n2)s1. The molecule has 0 radical (unpaired) electrons. The quantitative estimate of drug-likeness (QED) is 0.764. The second-order valence-electron chi connectivity index (χ2n) is 3.82. The topological polar surface area (TPSA) is 76.7 Å². The minimum absolute atomic E-state index is 0.534. The zero-order valence-electron chi connectivity index (χ0n) is 9.95. The fraction of sp³-hybridized carbons (Fsp3) is 0. The maximum Gasteiger partial charge on any atom is 0.227 e. The van der Waals surface area contributed by atoms with Crippen LogP contribution in [0.2, 0.25) is 0 Å². The number of rotatable bonds is 3. The number of hydrogen-bond donors (Lipinski definition) is 2. The average Bonchev–Trinajstić information content (AvgIpc) is 2.87. The van der Waals surface area contributed by atoms with Gasteiger partial charge in [-0.15, -0.1) is 0 Å². The molecule has 0 amide bonds. The predicted octanol–water partition coefficient (Wildman–Crippen LogP) is 2.93. The number of anilines is 3. The molecule has 5 nitrogen and oxygen atoms in total. The molecular weight excluding hydrogens is 258 g/mol. The summed E-state index contributed by atoms with van der Waals surface area (Å²) in [6.45, 7) is 0. The first kappa shape index (κ1) is 11.6. The van der Waals surface area contributed by atoms with Crippen LogP contribution in [0.3, 0.4) is 0 Å². The Labute approximate surface area is 114 Å². The number of para-hydroxylation sites is 1. The smallest absolute Gasteiger partial charge is 0.227 e. The highest BCUT2D eigenvalue weighted by molar-refractivity contribution is 7.18. The third-order valence-corrected chi connectivity index (χ3v) is 3.31. The first-order valence-corrected chi connectivity index (χ1v) is 6.50. The van der Waals surface area contributed by atoms with Gasteiger partial charge in [0, 0.05) is 18.1 Å². The molecular formula is C13H11N5S. The van der Waals surface area contributed by atoms with Crippen molar-refractivity contribution in [3.05, 3.63) is 48.8 Å². The van der Waals surface area contributed by atoms with Crippen LogP contribution in [0, 0.1) is 0 Å². The number of nitrogens with one attached hydrogen (secondary N) is 1. The standard InChI is InChI=1S/C13H11N5S/c14-12-16-8-11(19-12)10-6-7-15-13(18-10)17-9-4-2-1-3-5-9/h1-8H,(H2,14,16)(H,15,17,18). The van der Waals surface area contributed by atoms with Crippen LogP contribution in [-0.4, -0.2) is 15.0 Å². The lowest BCUT2D eigenvalue weighted by atomic mass is 10.3. The average molecular weight is 269 g/mol. The van der Waals surface area contributed by atoms with Gasteiger partial charge in [-0.3, -0.25) is 0 Å². The van der Waals surface area contributed by atoms with Gasteiger partial charge in [-0.2, -0.15) is 0 Å². The third kappa shape index (κ3) is 2.69. The summed E-state index contributed by atoms with van der Waals surface area (Å²) in [5.41, 5.74) is 7.38. The Morgan fingerprint density at radius 1 is 1.05 bits per heavy atom. The number of thiazole rings is 1. The van der Waals surface area contributed by atoms with Gasteiger partial charge < -0.3 is 11.1 Å². The summed E-state index contributed by atoms with van der Waals surface area (Å²) in [7, 11) is 0. The number of hydrogen-bond acceptors (Lipinski definition) is 6. The first-order valence-electron chi connectivity index (χ1n) is 5.68. The minimum Gasteiger partial charge on any atom is -0.375 e. The van der Waals surface area contributed by atoms with Gasteiger partial charge in [0.25, 0.3) is 0 Å². The monoisotopic (exact) mass is 269 g/mol. The second kappa shape index (κ2) is 5.03. The van der Waals surface area contributed by atoms with E-state index in [4.69, 9.17) is 5.73 Å². The maximum absolute atomic E-state index is 5.63. The van der Waals surface area contributed by atoms with Crippen molar-refractivity contribution in [2.24, 2.45) is 0 Å². The van der Waals surface area contributed by atoms with E-state index >= 15 is 0 Å². The van der Waals surface area contributed by atoms with Crippen molar-refractivity contribution in [1.82, 2.24) is 15.0 Å². The van der Waals surface area contributed by atoms with Crippen molar-refractivity contribution in [1.29, 1.82) is 0 Å². The van der Waals surface area contributed by atoms with E-state index < -0.39 is 0 Å². The molecule has 0 unspecified atom stereocenters. The molecule has 94 valence electrons. The van der Waals surface area contributed by atoms with Gasteiger partial charge >= 0.3 is 0 Å². The molecule has 1 aromatic carbocycles. The predicted molar refractivity (Wildman–Crippen MR) is 77.3 cm³/mol. The summed E-state index contributed by atoms with van der Waals surface area (Å²) in [6, 6.07) is 11.6. The van der Waals surface area contributed by atoms with E-state index in [2.05, 4.69) is 20.3 Å². The van der Waals surface area contributed by atoms with E-state index in [1.54, 1.807) is 12.4 Å². The van der Waals surface area contributed by atoms with Crippen molar-refractivity contribution >= 4 is 28.1 Å². The summed E-state index contributed by atoms with van der Waals surface area (Å²) >= 11 is 1.40. The Morgan fingerprint density at radius 2 is 1.89 bits per heavy atom. The lowest BCUT2D eigenvalue weighted by Gasteiger charge is -2.04. The van der Waals surface area contributed by atoms with Gasteiger partial charge in [-0.25, -0.2) is 15.0 Å². The summed E-state index contributed by atoms with van der Waals surface area (Å²) < 4.78 is 0. The van der Waals surface area contributed by atoms with Gasteiger partial charge in [0.1, 0.15) is 0 Å². The highest BCUT2D eigenvalue weighted by Crippen LogP contribution is 2.26. The third-order valence-electron chi connectivity index (χ3n) is 2.46. The number of aromatic nitrogens is 3. The summed E-state index contributed by atoms with van der Waals surface area (Å²) in [4.78, 5) is 13.6. The van der Waals surface area contributed by atoms with Gasteiger partial charge in [0.15, 0.2) is 5.13 Å². The lowest BCUT2D eigenvalue weighted by molar-refractivity contribution is 1.17. The maximum atomic E-state index is 5.63. The fourth-order valence-corrected chi connectivity index (χ4v) is 2.27. The van der Waals surface area contributed by atoms with Crippen LogP contribution in [0.1, 0.15) is 0 Å². The van der Waals surface area contributed by atoms with E-state index in [-0.39, 0.29) is 0 Å². The fourth-order valence-electron chi connectivity index (χ4n) is 1.61. The molecule has 0 aliphatic carbocycles. The molecule has 0 aliphatic heterocycles. The zero-order valence-corrected chi connectivity index (χ0v) is 10.8. The Kier molecular flexibility index (Phi) is 3.07. The number of benzene rings is 1. The van der Waals surface area contributed by atoms with Crippen molar-refractivity contribution in [2.75, 3.05) is 11.1 Å². The molecule has 19 heavy (non-hydrogen) atoms. The van der Waals surface area contributed by atoms with E-state index in [0.717, 1.165) is 16.3 Å². The van der Waals surface area contributed by atoms with Crippen LogP contribution >= 0.6 is 11.3 Å². The van der Waals surface area contributed by atoms with Crippen LogP contribution in [0.4, 0.5) is 16.8 Å². The number of nitrogen functional groups attached to an aromatic ring is 1. The Bertz CT molecular complexity index is 680. The molecule has 3 N–H and O–H groups in total. The largest absolute Gasteiger partial charge is 0.375 e. The minimum atomic E-state index is 0.534. The molecule has 6 heteroatoms. The lowest BCUT2D eigenvalue weighted by Crippen LogP contribution is -1.96. The van der Waals surface area contributed by atoms with Gasteiger partial charge in [-0.05, 0) is 18.2 Å². The van der Waals surface area contributed by atoms with Crippen molar-refractivity contribution in [3.8, 4) is 10.6 Å². The molecule has 0 saturated heterocycles. The van der Waals surface area contributed by atoms with E-state index in [9.17, 15) is 0 Å². The van der Waals surface area contributed by atoms with Crippen LogP contribution in [0.5, 0.6) is 0 Å². The molecule has 0 saturated carbocycles. The van der Waals surface area contributed by atoms with Crippen molar-refractivity contribution < 1.29 is 0 Å². The summed E-state index contributed by atoms with van der Waals surface area (Å²) in [5, 5.41) is 3.69. The first-order chi connectivity index (χ1) is 9.31. The Hall–Kier alpha value is -2.47. The van der Waals surface area contributed by atoms with Crippen molar-refractivity contribution in [3.63, 3.8) is 0 Å². The zero-order chi connectivity index (χ0) is 13.1. The molecule has 0 atom stereocenters. The van der Waals surface area contributed by atoms with Crippen LogP contribution in [-0.2, 0) is 0 Å². The summed E-state index contributed by atoms with van der Waals surface area (Å²) in [6.07, 6.45) is 3.43. The molecule has 0 fully saturated rings. The van der Waals surface area contributed by atoms with E-state index in [1.807, 2.05) is 36.4 Å². The molecule has 0 spiro atoms. The van der Waals surface area contributed by atoms with Crippen LogP contribution in [0.15, 0.2) is 48.8 Å². The Balaban J connectivity index is 1.88. The molecule has 0 bridgehead atoms. The highest BCUT2D eigenvalue weighted by Gasteiger charge is 2.05. The summed E-state index contributed by atoms with van der Waals surface area (Å²) in [5.74, 6) is 0.552. The normalized spacial score (nSPS) is 10.3. The number of nitrogens with zero attached hydrogens (tertiary/aromatic N) is 3. The van der Waals surface area contributed by atoms with Crippen LogP contribution in [0.25, 0.3) is 10.6 Å². The molecule has 3 aromatic rings. The molecule has 3 rings (SSSR count). The molecule has 2 aromatic heterocycles.